The van der Waals surface area contributed by atoms with Crippen molar-refractivity contribution in [2.45, 2.75) is 44.7 Å². The molecule has 0 radical (unpaired) electrons. The molecule has 4 aromatic rings. The molecule has 0 fully saturated rings. The lowest BCUT2D eigenvalue weighted by atomic mass is 9.87. The lowest BCUT2D eigenvalue weighted by Gasteiger charge is -2.26. The Morgan fingerprint density at radius 2 is 1.94 bits per heavy atom. The van der Waals surface area contributed by atoms with Gasteiger partial charge in [0.1, 0.15) is 5.52 Å². The molecule has 0 aliphatic heterocycles. The number of aromatic nitrogens is 3. The van der Waals surface area contributed by atoms with E-state index < -0.39 is 0 Å². The molecule has 1 amide bonds. The van der Waals surface area contributed by atoms with Gasteiger partial charge in [0.25, 0.3) is 5.56 Å². The zero-order valence-electron chi connectivity index (χ0n) is 17.7. The maximum atomic E-state index is 12.8. The number of carbonyl (C=O) groups excluding carboxylic acids is 1. The summed E-state index contributed by atoms with van der Waals surface area (Å²) in [4.78, 5) is 25.5. The van der Waals surface area contributed by atoms with Crippen LogP contribution in [0.15, 0.2) is 59.5 Å². The van der Waals surface area contributed by atoms with Gasteiger partial charge in [-0.25, -0.2) is 4.68 Å². The summed E-state index contributed by atoms with van der Waals surface area (Å²) in [6.07, 6.45) is 6.01. The predicted molar refractivity (Wildman–Crippen MR) is 122 cm³/mol. The van der Waals surface area contributed by atoms with Gasteiger partial charge in [0.05, 0.1) is 12.2 Å². The van der Waals surface area contributed by atoms with E-state index in [0.29, 0.717) is 24.9 Å². The van der Waals surface area contributed by atoms with Gasteiger partial charge in [0.2, 0.25) is 5.91 Å². The molecule has 0 unspecified atom stereocenters. The molecule has 0 bridgehead atoms. The number of rotatable bonds is 5. The van der Waals surface area contributed by atoms with Crippen molar-refractivity contribution in [3.8, 4) is 0 Å². The summed E-state index contributed by atoms with van der Waals surface area (Å²) in [5, 5.41) is 9.30. The molecule has 1 aliphatic carbocycles. The van der Waals surface area contributed by atoms with Gasteiger partial charge in [0, 0.05) is 36.3 Å². The summed E-state index contributed by atoms with van der Waals surface area (Å²) in [5.74, 6) is 0.0667. The second kappa shape index (κ2) is 8.02. The van der Waals surface area contributed by atoms with E-state index in [4.69, 9.17) is 0 Å². The number of para-hydroxylation sites is 1. The van der Waals surface area contributed by atoms with E-state index in [9.17, 15) is 9.59 Å². The minimum atomic E-state index is -0.114. The summed E-state index contributed by atoms with van der Waals surface area (Å²) in [6.45, 7) is 0.609. The van der Waals surface area contributed by atoms with Crippen molar-refractivity contribution in [3.05, 3.63) is 76.2 Å². The van der Waals surface area contributed by atoms with Crippen molar-refractivity contribution in [1.29, 1.82) is 0 Å². The minimum absolute atomic E-state index is 0.0667. The van der Waals surface area contributed by atoms with Crippen molar-refractivity contribution in [2.75, 3.05) is 0 Å². The molecule has 2 aromatic carbocycles. The first-order valence-corrected chi connectivity index (χ1v) is 10.9. The quantitative estimate of drug-likeness (QED) is 0.539. The number of nitrogens with one attached hydrogen (secondary N) is 1. The molecule has 158 valence electrons. The summed E-state index contributed by atoms with van der Waals surface area (Å²) in [7, 11) is 1.67. The average Bonchev–Trinajstić information content (AvgIpc) is 3.11. The van der Waals surface area contributed by atoms with Crippen LogP contribution in [-0.2, 0) is 24.8 Å². The third-order valence-electron chi connectivity index (χ3n) is 6.36. The van der Waals surface area contributed by atoms with Crippen LogP contribution in [0.1, 0.15) is 42.9 Å². The lowest BCUT2D eigenvalue weighted by Crippen LogP contribution is -2.31. The SMILES string of the molecule is Cn1ncc2c3ccccc3n(CCCC(=O)N[C@H]3CCCc4ccccc43)c2c1=O. The normalized spacial score (nSPS) is 15.8. The molecule has 1 N–H and O–H groups in total. The van der Waals surface area contributed by atoms with E-state index in [0.717, 1.165) is 35.6 Å². The number of amides is 1. The molecule has 5 rings (SSSR count). The summed E-state index contributed by atoms with van der Waals surface area (Å²) >= 11 is 0. The summed E-state index contributed by atoms with van der Waals surface area (Å²) in [6, 6.07) is 16.5. The molecule has 6 nitrogen and oxygen atoms in total. The molecule has 1 aliphatic rings. The molecule has 2 aromatic heterocycles. The van der Waals surface area contributed by atoms with E-state index in [-0.39, 0.29) is 17.5 Å². The van der Waals surface area contributed by atoms with Crippen molar-refractivity contribution in [3.63, 3.8) is 0 Å². The fourth-order valence-electron chi connectivity index (χ4n) is 4.84. The number of benzene rings is 2. The number of hydrogen-bond donors (Lipinski definition) is 1. The van der Waals surface area contributed by atoms with E-state index in [1.807, 2.05) is 34.9 Å². The summed E-state index contributed by atoms with van der Waals surface area (Å²) in [5.41, 5.74) is 4.13. The number of carbonyl (C=O) groups is 1. The van der Waals surface area contributed by atoms with Crippen LogP contribution >= 0.6 is 0 Å². The van der Waals surface area contributed by atoms with Crippen LogP contribution in [-0.4, -0.2) is 20.3 Å². The first-order valence-electron chi connectivity index (χ1n) is 10.9. The summed E-state index contributed by atoms with van der Waals surface area (Å²) < 4.78 is 3.41. The molecule has 2 heterocycles. The number of fused-ring (bicyclic) bond motifs is 4. The number of hydrogen-bond acceptors (Lipinski definition) is 3. The smallest absolute Gasteiger partial charge is 0.291 e. The fourth-order valence-corrected chi connectivity index (χ4v) is 4.84. The van der Waals surface area contributed by atoms with Crippen LogP contribution in [0.3, 0.4) is 0 Å². The van der Waals surface area contributed by atoms with Gasteiger partial charge in [0.15, 0.2) is 0 Å². The van der Waals surface area contributed by atoms with E-state index >= 15 is 0 Å². The van der Waals surface area contributed by atoms with Gasteiger partial charge in [-0.15, -0.1) is 0 Å². The molecular formula is C25H26N4O2. The van der Waals surface area contributed by atoms with Crippen molar-refractivity contribution >= 4 is 27.7 Å². The Hall–Kier alpha value is -3.41. The molecule has 31 heavy (non-hydrogen) atoms. The third-order valence-corrected chi connectivity index (χ3v) is 6.36. The van der Waals surface area contributed by atoms with Gasteiger partial charge in [-0.05, 0) is 42.9 Å². The minimum Gasteiger partial charge on any atom is -0.349 e. The van der Waals surface area contributed by atoms with Crippen LogP contribution in [0.4, 0.5) is 0 Å². The molecule has 0 saturated carbocycles. The highest BCUT2D eigenvalue weighted by Gasteiger charge is 2.21. The highest BCUT2D eigenvalue weighted by Crippen LogP contribution is 2.30. The van der Waals surface area contributed by atoms with Crippen molar-refractivity contribution < 1.29 is 4.79 Å². The van der Waals surface area contributed by atoms with Gasteiger partial charge in [-0.2, -0.15) is 5.10 Å². The van der Waals surface area contributed by atoms with Gasteiger partial charge in [-0.3, -0.25) is 9.59 Å². The zero-order valence-corrected chi connectivity index (χ0v) is 17.7. The highest BCUT2D eigenvalue weighted by atomic mass is 16.1. The van der Waals surface area contributed by atoms with Crippen molar-refractivity contribution in [2.24, 2.45) is 7.05 Å². The standard InChI is InChI=1S/C25H26N4O2/c1-28-25(31)24-20(16-26-28)19-11-4-5-13-22(19)29(24)15-7-14-23(30)27-21-12-6-9-17-8-2-3-10-18(17)21/h2-5,8,10-11,13,16,21H,6-7,9,12,14-15H2,1H3,(H,27,30)/t21-/m0/s1. The van der Waals surface area contributed by atoms with Crippen LogP contribution in [0.5, 0.6) is 0 Å². The Morgan fingerprint density at radius 3 is 2.84 bits per heavy atom. The van der Waals surface area contributed by atoms with Crippen LogP contribution in [0, 0.1) is 0 Å². The topological polar surface area (TPSA) is 68.9 Å². The second-order valence-electron chi connectivity index (χ2n) is 8.32. The largest absolute Gasteiger partial charge is 0.349 e. The highest BCUT2D eigenvalue weighted by molar-refractivity contribution is 6.07. The van der Waals surface area contributed by atoms with Gasteiger partial charge in [-0.1, -0.05) is 42.5 Å². The van der Waals surface area contributed by atoms with Crippen LogP contribution in [0.2, 0.25) is 0 Å². The predicted octanol–water partition coefficient (Wildman–Crippen LogP) is 3.86. The number of aryl methyl sites for hydroxylation is 3. The van der Waals surface area contributed by atoms with Gasteiger partial charge < -0.3 is 9.88 Å². The first kappa shape index (κ1) is 19.5. The Balaban J connectivity index is 1.33. The van der Waals surface area contributed by atoms with Gasteiger partial charge >= 0.3 is 0 Å². The van der Waals surface area contributed by atoms with Crippen LogP contribution < -0.4 is 10.9 Å². The average molecular weight is 415 g/mol. The van der Waals surface area contributed by atoms with Crippen molar-refractivity contribution in [1.82, 2.24) is 19.7 Å². The maximum absolute atomic E-state index is 12.8. The Kier molecular flexibility index (Phi) is 5.06. The molecule has 0 saturated heterocycles. The number of nitrogens with zero attached hydrogens (tertiary/aromatic N) is 3. The Labute approximate surface area is 180 Å². The monoisotopic (exact) mass is 414 g/mol. The van der Waals surface area contributed by atoms with E-state index in [1.165, 1.54) is 15.8 Å². The van der Waals surface area contributed by atoms with E-state index in [2.05, 4.69) is 28.6 Å². The lowest BCUT2D eigenvalue weighted by molar-refractivity contribution is -0.122. The molecule has 6 heteroatoms. The molecule has 1 atom stereocenters. The van der Waals surface area contributed by atoms with E-state index in [1.54, 1.807) is 13.2 Å². The molecular weight excluding hydrogens is 388 g/mol. The first-order chi connectivity index (χ1) is 15.1. The molecule has 0 spiro atoms. The Bertz CT molecular complexity index is 1330. The fraction of sp³-hybridized carbons (Fsp3) is 0.320. The van der Waals surface area contributed by atoms with Crippen LogP contribution in [0.25, 0.3) is 21.8 Å². The zero-order chi connectivity index (χ0) is 21.4. The maximum Gasteiger partial charge on any atom is 0.291 e. The third kappa shape index (κ3) is 3.52. The Morgan fingerprint density at radius 1 is 1.13 bits per heavy atom. The second-order valence-corrected chi connectivity index (χ2v) is 8.32.